The van der Waals surface area contributed by atoms with Crippen LogP contribution in [0.15, 0.2) is 34.3 Å². The summed E-state index contributed by atoms with van der Waals surface area (Å²) in [4.78, 5) is 12.0. The zero-order valence-corrected chi connectivity index (χ0v) is 13.0. The molecule has 1 aromatic carbocycles. The Kier molecular flexibility index (Phi) is 4.22. The average Bonchev–Trinajstić information content (AvgIpc) is 2.75. The Morgan fingerprint density at radius 1 is 1.35 bits per heavy atom. The van der Waals surface area contributed by atoms with E-state index in [1.807, 2.05) is 18.2 Å². The van der Waals surface area contributed by atoms with Crippen molar-refractivity contribution in [3.8, 4) is 0 Å². The molecule has 1 atom stereocenters. The molecule has 0 bridgehead atoms. The summed E-state index contributed by atoms with van der Waals surface area (Å²) in [6.07, 6.45) is 8.50. The van der Waals surface area contributed by atoms with Gasteiger partial charge in [-0.05, 0) is 50.8 Å². The first-order chi connectivity index (χ1) is 9.74. The number of carbonyl (C=O) groups excluding carboxylic acids is 1. The van der Waals surface area contributed by atoms with Crippen molar-refractivity contribution in [2.24, 2.45) is 0 Å². The number of carbonyl (C=O) groups is 1. The number of amides is 1. The summed E-state index contributed by atoms with van der Waals surface area (Å²) in [5.74, 6) is 0.0516. The van der Waals surface area contributed by atoms with Crippen LogP contribution in [0.4, 0.5) is 5.69 Å². The maximum absolute atomic E-state index is 12.0. The van der Waals surface area contributed by atoms with Crippen molar-refractivity contribution in [3.05, 3.63) is 39.9 Å². The standard InChI is InChI=1S/C16H19BrN2O/c17-12-6-7-13-14(10-12)19-16(20)15(13)18-9-8-11-4-2-1-3-5-11/h4,6-7,10,15,18H,1-3,5,8-9H2,(H,19,20). The third kappa shape index (κ3) is 2.96. The summed E-state index contributed by atoms with van der Waals surface area (Å²) in [6.45, 7) is 0.861. The lowest BCUT2D eigenvalue weighted by Gasteiger charge is -2.15. The first-order valence-electron chi connectivity index (χ1n) is 7.25. The first kappa shape index (κ1) is 13.8. The predicted molar refractivity (Wildman–Crippen MR) is 84.7 cm³/mol. The second kappa shape index (κ2) is 6.10. The fraction of sp³-hybridized carbons (Fsp3) is 0.438. The van der Waals surface area contributed by atoms with Gasteiger partial charge in [0.2, 0.25) is 5.91 Å². The number of allylic oxidation sites excluding steroid dienone is 1. The number of anilines is 1. The Hall–Kier alpha value is -1.13. The normalized spacial score (nSPS) is 21.4. The molecule has 1 aromatic rings. The van der Waals surface area contributed by atoms with Crippen molar-refractivity contribution in [2.45, 2.75) is 38.1 Å². The number of fused-ring (bicyclic) bond motifs is 1. The van der Waals surface area contributed by atoms with Crippen molar-refractivity contribution >= 4 is 27.5 Å². The van der Waals surface area contributed by atoms with E-state index >= 15 is 0 Å². The Morgan fingerprint density at radius 3 is 3.05 bits per heavy atom. The lowest BCUT2D eigenvalue weighted by atomic mass is 9.97. The number of hydrogen-bond donors (Lipinski definition) is 2. The topological polar surface area (TPSA) is 41.1 Å². The van der Waals surface area contributed by atoms with Gasteiger partial charge in [0.15, 0.2) is 0 Å². The molecule has 4 heteroatoms. The molecule has 1 amide bonds. The quantitative estimate of drug-likeness (QED) is 0.819. The highest BCUT2D eigenvalue weighted by Crippen LogP contribution is 2.33. The van der Waals surface area contributed by atoms with Gasteiger partial charge < -0.3 is 10.6 Å². The van der Waals surface area contributed by atoms with Gasteiger partial charge in [0, 0.05) is 15.7 Å². The van der Waals surface area contributed by atoms with Gasteiger partial charge in [0.25, 0.3) is 0 Å². The smallest absolute Gasteiger partial charge is 0.246 e. The molecule has 1 aliphatic heterocycles. The molecule has 0 spiro atoms. The SMILES string of the molecule is O=C1Nc2cc(Br)ccc2C1NCCC1=CCCCC1. The molecule has 20 heavy (non-hydrogen) atoms. The van der Waals surface area contributed by atoms with Crippen molar-refractivity contribution in [2.75, 3.05) is 11.9 Å². The molecule has 0 radical (unpaired) electrons. The van der Waals surface area contributed by atoms with Gasteiger partial charge in [-0.1, -0.05) is 33.6 Å². The van der Waals surface area contributed by atoms with E-state index in [-0.39, 0.29) is 11.9 Å². The fourth-order valence-corrected chi connectivity index (χ4v) is 3.31. The number of halogens is 1. The molecule has 106 valence electrons. The maximum Gasteiger partial charge on any atom is 0.246 e. The third-order valence-electron chi connectivity index (χ3n) is 4.03. The molecule has 0 saturated carbocycles. The number of benzene rings is 1. The molecule has 2 aliphatic rings. The molecule has 0 aromatic heterocycles. The molecule has 1 unspecified atom stereocenters. The molecule has 1 aliphatic carbocycles. The summed E-state index contributed by atoms with van der Waals surface area (Å²) >= 11 is 3.43. The van der Waals surface area contributed by atoms with E-state index in [1.54, 1.807) is 0 Å². The highest BCUT2D eigenvalue weighted by atomic mass is 79.9. The van der Waals surface area contributed by atoms with Crippen molar-refractivity contribution in [3.63, 3.8) is 0 Å². The van der Waals surface area contributed by atoms with E-state index in [1.165, 1.54) is 31.3 Å². The maximum atomic E-state index is 12.0. The highest BCUT2D eigenvalue weighted by Gasteiger charge is 2.29. The van der Waals surface area contributed by atoms with Crippen LogP contribution in [0.25, 0.3) is 0 Å². The zero-order valence-electron chi connectivity index (χ0n) is 11.4. The van der Waals surface area contributed by atoms with Crippen molar-refractivity contribution in [1.29, 1.82) is 0 Å². The summed E-state index contributed by atoms with van der Waals surface area (Å²) < 4.78 is 0.990. The van der Waals surface area contributed by atoms with Crippen LogP contribution >= 0.6 is 15.9 Å². The van der Waals surface area contributed by atoms with Gasteiger partial charge in [-0.15, -0.1) is 0 Å². The summed E-state index contributed by atoms with van der Waals surface area (Å²) in [6, 6.07) is 5.74. The molecule has 1 heterocycles. The van der Waals surface area contributed by atoms with Crippen LogP contribution < -0.4 is 10.6 Å². The molecule has 2 N–H and O–H groups in total. The molecule has 3 rings (SSSR count). The van der Waals surface area contributed by atoms with E-state index in [0.717, 1.165) is 28.7 Å². The van der Waals surface area contributed by atoms with Gasteiger partial charge in [-0.3, -0.25) is 4.79 Å². The van der Waals surface area contributed by atoms with Crippen LogP contribution in [0.3, 0.4) is 0 Å². The molecule has 0 saturated heterocycles. The van der Waals surface area contributed by atoms with E-state index in [0.29, 0.717) is 0 Å². The van der Waals surface area contributed by atoms with Crippen molar-refractivity contribution in [1.82, 2.24) is 5.32 Å². The second-order valence-corrected chi connectivity index (χ2v) is 6.38. The van der Waals surface area contributed by atoms with Gasteiger partial charge in [0.1, 0.15) is 6.04 Å². The Labute approximate surface area is 128 Å². The van der Waals surface area contributed by atoms with E-state index in [9.17, 15) is 4.79 Å². The number of hydrogen-bond acceptors (Lipinski definition) is 2. The van der Waals surface area contributed by atoms with Gasteiger partial charge in [-0.25, -0.2) is 0 Å². The Balaban J connectivity index is 1.61. The number of nitrogens with one attached hydrogen (secondary N) is 2. The molecular formula is C16H19BrN2O. The van der Waals surface area contributed by atoms with Crippen molar-refractivity contribution < 1.29 is 4.79 Å². The minimum absolute atomic E-state index is 0.0516. The summed E-state index contributed by atoms with van der Waals surface area (Å²) in [5.41, 5.74) is 3.51. The second-order valence-electron chi connectivity index (χ2n) is 5.47. The van der Waals surface area contributed by atoms with Gasteiger partial charge in [-0.2, -0.15) is 0 Å². The van der Waals surface area contributed by atoms with Crippen LogP contribution in [0, 0.1) is 0 Å². The zero-order chi connectivity index (χ0) is 13.9. The van der Waals surface area contributed by atoms with Crippen LogP contribution in [-0.4, -0.2) is 12.5 Å². The summed E-state index contributed by atoms with van der Waals surface area (Å²) in [5, 5.41) is 6.32. The number of rotatable bonds is 4. The van der Waals surface area contributed by atoms with E-state index in [4.69, 9.17) is 0 Å². The minimum atomic E-state index is -0.206. The summed E-state index contributed by atoms with van der Waals surface area (Å²) in [7, 11) is 0. The van der Waals surface area contributed by atoms with Crippen LogP contribution in [0.1, 0.15) is 43.7 Å². The lowest BCUT2D eigenvalue weighted by molar-refractivity contribution is -0.117. The molecule has 0 fully saturated rings. The fourth-order valence-electron chi connectivity index (χ4n) is 2.95. The largest absolute Gasteiger partial charge is 0.324 e. The third-order valence-corrected chi connectivity index (χ3v) is 4.52. The molecular weight excluding hydrogens is 316 g/mol. The van der Waals surface area contributed by atoms with Crippen LogP contribution in [0.2, 0.25) is 0 Å². The van der Waals surface area contributed by atoms with Crippen LogP contribution in [0.5, 0.6) is 0 Å². The monoisotopic (exact) mass is 334 g/mol. The lowest BCUT2D eigenvalue weighted by Crippen LogP contribution is -2.28. The Morgan fingerprint density at radius 2 is 2.25 bits per heavy atom. The first-order valence-corrected chi connectivity index (χ1v) is 8.05. The van der Waals surface area contributed by atoms with Gasteiger partial charge in [0.05, 0.1) is 0 Å². The van der Waals surface area contributed by atoms with E-state index in [2.05, 4.69) is 32.6 Å². The minimum Gasteiger partial charge on any atom is -0.324 e. The average molecular weight is 335 g/mol. The van der Waals surface area contributed by atoms with Crippen LogP contribution in [-0.2, 0) is 4.79 Å². The molecule has 3 nitrogen and oxygen atoms in total. The Bertz CT molecular complexity index is 553. The van der Waals surface area contributed by atoms with Gasteiger partial charge >= 0.3 is 0 Å². The highest BCUT2D eigenvalue weighted by molar-refractivity contribution is 9.10. The van der Waals surface area contributed by atoms with E-state index < -0.39 is 0 Å². The predicted octanol–water partition coefficient (Wildman–Crippen LogP) is 3.92.